The number of benzene rings is 1. The van der Waals surface area contributed by atoms with Crippen LogP contribution in [0.3, 0.4) is 0 Å². The van der Waals surface area contributed by atoms with Crippen LogP contribution in [0.2, 0.25) is 0 Å². The van der Waals surface area contributed by atoms with Crippen LogP contribution in [0.4, 0.5) is 0 Å². The first kappa shape index (κ1) is 15.0. The third kappa shape index (κ3) is 2.86. The molecular weight excluding hydrogens is 296 g/mol. The summed E-state index contributed by atoms with van der Waals surface area (Å²) in [4.78, 5) is 12.4. The largest absolute Gasteiger partial charge is 0.495 e. The van der Waals surface area contributed by atoms with E-state index in [-0.39, 0.29) is 11.7 Å². The van der Waals surface area contributed by atoms with E-state index in [0.29, 0.717) is 27.5 Å². The molecule has 0 amide bonds. The lowest BCUT2D eigenvalue weighted by Gasteiger charge is -2.18. The molecule has 3 nitrogen and oxygen atoms in total. The van der Waals surface area contributed by atoms with E-state index in [2.05, 4.69) is 15.9 Å². The summed E-state index contributed by atoms with van der Waals surface area (Å²) in [6.07, 6.45) is 0. The molecule has 0 saturated carbocycles. The summed E-state index contributed by atoms with van der Waals surface area (Å²) in [5.41, 5.74) is 0.589. The Labute approximate surface area is 117 Å². The van der Waals surface area contributed by atoms with E-state index in [9.17, 15) is 4.79 Å². The number of Topliss-reactive ketones (excluding diaryl/α,β-unsaturated/α-hetero) is 1. The minimum Gasteiger partial charge on any atom is -0.495 e. The van der Waals surface area contributed by atoms with Gasteiger partial charge in [0.2, 0.25) is 0 Å². The van der Waals surface area contributed by atoms with Crippen LogP contribution < -0.4 is 9.47 Å². The van der Waals surface area contributed by atoms with Gasteiger partial charge >= 0.3 is 0 Å². The van der Waals surface area contributed by atoms with Crippen LogP contribution in [0.15, 0.2) is 16.6 Å². The minimum absolute atomic E-state index is 0.0424. The molecular formula is C14H19BrO3. The predicted molar refractivity (Wildman–Crippen MR) is 75.6 cm³/mol. The summed E-state index contributed by atoms with van der Waals surface area (Å²) in [5, 5.41) is 0. The highest BCUT2D eigenvalue weighted by molar-refractivity contribution is 9.10. The van der Waals surface area contributed by atoms with Crippen molar-refractivity contribution in [2.24, 2.45) is 11.8 Å². The molecule has 1 rings (SSSR count). The Hall–Kier alpha value is -1.03. The second kappa shape index (κ2) is 6.23. The first-order valence-electron chi connectivity index (χ1n) is 5.88. The molecule has 0 aromatic heterocycles. The van der Waals surface area contributed by atoms with Gasteiger partial charge in [-0.15, -0.1) is 0 Å². The first-order chi connectivity index (χ1) is 8.43. The Morgan fingerprint density at radius 1 is 1.17 bits per heavy atom. The van der Waals surface area contributed by atoms with Crippen LogP contribution in [-0.4, -0.2) is 20.0 Å². The summed E-state index contributed by atoms with van der Waals surface area (Å²) in [5.74, 6) is 1.53. The summed E-state index contributed by atoms with van der Waals surface area (Å²) in [7, 11) is 3.13. The number of ether oxygens (including phenoxy) is 2. The molecule has 1 unspecified atom stereocenters. The van der Waals surface area contributed by atoms with Crippen LogP contribution in [0, 0.1) is 11.8 Å². The summed E-state index contributed by atoms with van der Waals surface area (Å²) in [6, 6.07) is 3.52. The van der Waals surface area contributed by atoms with Crippen LogP contribution in [0.5, 0.6) is 11.5 Å². The lowest BCUT2D eigenvalue weighted by Crippen LogP contribution is -2.18. The molecule has 0 fully saturated rings. The van der Waals surface area contributed by atoms with E-state index in [0.717, 1.165) is 0 Å². The molecule has 0 saturated heterocycles. The van der Waals surface area contributed by atoms with Crippen molar-refractivity contribution in [3.8, 4) is 11.5 Å². The molecule has 0 spiro atoms. The number of hydrogen-bond acceptors (Lipinski definition) is 3. The fraction of sp³-hybridized carbons (Fsp3) is 0.500. The summed E-state index contributed by atoms with van der Waals surface area (Å²) < 4.78 is 11.2. The molecule has 0 aliphatic rings. The maximum absolute atomic E-state index is 12.4. The molecule has 100 valence electrons. The van der Waals surface area contributed by atoms with Crippen LogP contribution in [-0.2, 0) is 0 Å². The van der Waals surface area contributed by atoms with Crippen molar-refractivity contribution in [2.45, 2.75) is 20.8 Å². The molecule has 4 heteroatoms. The van der Waals surface area contributed by atoms with Crippen molar-refractivity contribution in [1.29, 1.82) is 0 Å². The standard InChI is InChI=1S/C14H19BrO3/c1-8(2)9(3)13(16)10-6-7-11(17-4)12(15)14(10)18-5/h6-9H,1-5H3. The van der Waals surface area contributed by atoms with E-state index < -0.39 is 0 Å². The maximum atomic E-state index is 12.4. The minimum atomic E-state index is -0.0424. The SMILES string of the molecule is COc1ccc(C(=O)C(C)C(C)C)c(OC)c1Br. The van der Waals surface area contributed by atoms with Gasteiger partial charge in [0.1, 0.15) is 16.0 Å². The highest BCUT2D eigenvalue weighted by atomic mass is 79.9. The van der Waals surface area contributed by atoms with Gasteiger partial charge in [-0.3, -0.25) is 4.79 Å². The predicted octanol–water partition coefficient (Wildman–Crippen LogP) is 3.94. The zero-order valence-electron chi connectivity index (χ0n) is 11.4. The fourth-order valence-electron chi connectivity index (χ4n) is 1.64. The molecule has 1 atom stereocenters. The molecule has 0 aliphatic carbocycles. The summed E-state index contributed by atoms with van der Waals surface area (Å²) in [6.45, 7) is 6.01. The number of rotatable bonds is 5. The zero-order valence-corrected chi connectivity index (χ0v) is 13.0. The van der Waals surface area contributed by atoms with Gasteiger partial charge in [0.15, 0.2) is 5.78 Å². The number of carbonyl (C=O) groups is 1. The molecule has 1 aromatic carbocycles. The Morgan fingerprint density at radius 2 is 1.78 bits per heavy atom. The quantitative estimate of drug-likeness (QED) is 0.772. The Balaban J connectivity index is 3.25. The monoisotopic (exact) mass is 314 g/mol. The topological polar surface area (TPSA) is 35.5 Å². The lowest BCUT2D eigenvalue weighted by molar-refractivity contribution is 0.0896. The highest BCUT2D eigenvalue weighted by Gasteiger charge is 2.24. The smallest absolute Gasteiger partial charge is 0.169 e. The van der Waals surface area contributed by atoms with Crippen molar-refractivity contribution in [2.75, 3.05) is 14.2 Å². The maximum Gasteiger partial charge on any atom is 0.169 e. The van der Waals surface area contributed by atoms with Gasteiger partial charge in [0.25, 0.3) is 0 Å². The van der Waals surface area contributed by atoms with Crippen LogP contribution in [0.25, 0.3) is 0 Å². The van der Waals surface area contributed by atoms with E-state index >= 15 is 0 Å². The van der Waals surface area contributed by atoms with Crippen molar-refractivity contribution in [3.05, 3.63) is 22.2 Å². The molecule has 0 radical (unpaired) electrons. The van der Waals surface area contributed by atoms with Gasteiger partial charge in [0.05, 0.1) is 19.8 Å². The molecule has 1 aromatic rings. The third-order valence-corrected chi connectivity index (χ3v) is 3.92. The molecule has 0 heterocycles. The van der Waals surface area contributed by atoms with Crippen LogP contribution >= 0.6 is 15.9 Å². The van der Waals surface area contributed by atoms with Gasteiger partial charge in [-0.25, -0.2) is 0 Å². The van der Waals surface area contributed by atoms with Crippen molar-refractivity contribution < 1.29 is 14.3 Å². The number of hydrogen-bond donors (Lipinski definition) is 0. The normalized spacial score (nSPS) is 12.4. The lowest BCUT2D eigenvalue weighted by atomic mass is 9.89. The van der Waals surface area contributed by atoms with Crippen molar-refractivity contribution >= 4 is 21.7 Å². The number of methoxy groups -OCH3 is 2. The molecule has 0 aliphatic heterocycles. The fourth-order valence-corrected chi connectivity index (χ4v) is 2.31. The zero-order chi connectivity index (χ0) is 13.9. The van der Waals surface area contributed by atoms with Crippen LogP contribution in [0.1, 0.15) is 31.1 Å². The highest BCUT2D eigenvalue weighted by Crippen LogP contribution is 2.38. The van der Waals surface area contributed by atoms with Crippen molar-refractivity contribution in [3.63, 3.8) is 0 Å². The average molecular weight is 315 g/mol. The van der Waals surface area contributed by atoms with Gasteiger partial charge in [-0.2, -0.15) is 0 Å². The van der Waals surface area contributed by atoms with Gasteiger partial charge < -0.3 is 9.47 Å². The van der Waals surface area contributed by atoms with Gasteiger partial charge in [-0.1, -0.05) is 20.8 Å². The van der Waals surface area contributed by atoms with E-state index in [1.54, 1.807) is 26.4 Å². The van der Waals surface area contributed by atoms with E-state index in [1.807, 2.05) is 20.8 Å². The van der Waals surface area contributed by atoms with Gasteiger partial charge in [-0.05, 0) is 34.0 Å². The Bertz CT molecular complexity index is 441. The molecule has 18 heavy (non-hydrogen) atoms. The van der Waals surface area contributed by atoms with E-state index in [1.165, 1.54) is 0 Å². The number of halogens is 1. The molecule has 0 N–H and O–H groups in total. The second-order valence-electron chi connectivity index (χ2n) is 4.56. The number of ketones is 1. The first-order valence-corrected chi connectivity index (χ1v) is 6.68. The average Bonchev–Trinajstić information content (AvgIpc) is 2.36. The third-order valence-electron chi connectivity index (χ3n) is 3.16. The Kier molecular flexibility index (Phi) is 5.20. The second-order valence-corrected chi connectivity index (χ2v) is 5.35. The van der Waals surface area contributed by atoms with E-state index in [4.69, 9.17) is 9.47 Å². The van der Waals surface area contributed by atoms with Crippen molar-refractivity contribution in [1.82, 2.24) is 0 Å². The number of carbonyl (C=O) groups excluding carboxylic acids is 1. The molecule has 0 bridgehead atoms. The Morgan fingerprint density at radius 3 is 2.22 bits per heavy atom. The van der Waals surface area contributed by atoms with Gasteiger partial charge in [0, 0.05) is 5.92 Å². The summed E-state index contributed by atoms with van der Waals surface area (Å²) >= 11 is 3.40.